The van der Waals surface area contributed by atoms with E-state index in [-0.39, 0.29) is 76.5 Å². The number of aryl methyl sites for hydroxylation is 2. The molecule has 22 heteroatoms. The van der Waals surface area contributed by atoms with Crippen LogP contribution in [-0.2, 0) is 13.1 Å². The van der Waals surface area contributed by atoms with Crippen molar-refractivity contribution < 1.29 is 55.0 Å². The summed E-state index contributed by atoms with van der Waals surface area (Å²) in [5.41, 5.74) is -3.43. The van der Waals surface area contributed by atoms with E-state index in [9.17, 15) is 39.0 Å². The summed E-state index contributed by atoms with van der Waals surface area (Å²) >= 11 is 0. The van der Waals surface area contributed by atoms with Crippen molar-refractivity contribution in [2.24, 2.45) is 0 Å². The molecule has 0 spiro atoms. The van der Waals surface area contributed by atoms with Gasteiger partial charge in [0.25, 0.3) is 0 Å². The number of anilines is 2. The first-order valence-corrected chi connectivity index (χ1v) is 22.5. The number of hydrogen-bond acceptors (Lipinski definition) is 14. The second kappa shape index (κ2) is 17.9. The molecule has 0 radical (unpaired) electrons. The van der Waals surface area contributed by atoms with Crippen LogP contribution in [-0.4, -0.2) is 91.9 Å². The number of halogens is 4. The van der Waals surface area contributed by atoms with E-state index in [1.54, 1.807) is 23.6 Å². The van der Waals surface area contributed by atoms with Crippen LogP contribution >= 0.6 is 0 Å². The number of carbonyl (C=O) groups is 2. The van der Waals surface area contributed by atoms with Crippen LogP contribution in [0.4, 0.5) is 28.9 Å². The van der Waals surface area contributed by atoms with Crippen LogP contribution in [0, 0.1) is 37.1 Å². The molecule has 2 aromatic carbocycles. The number of rotatable bonds is 10. The SMILES string of the molecule is Cc1oc(=O)oc1CN1C(C)CN(c2c(F)cc3c(=O)c(C(=O)O)cn(C4CC4)c3c2F)CC1C.Cc1oc(=O)oc1CN1CCN(c2c(F)cc3c(=O)c(C(=O)O)cn(C4CC4)c3c2F)CC1C. The maximum atomic E-state index is 16.0. The Balaban J connectivity index is 0.000000172. The van der Waals surface area contributed by atoms with Gasteiger partial charge in [0, 0.05) is 75.3 Å². The number of aromatic carboxylic acids is 2. The lowest BCUT2D eigenvalue weighted by atomic mass is 10.0. The second-order valence-electron chi connectivity index (χ2n) is 18.4. The van der Waals surface area contributed by atoms with Gasteiger partial charge in [0.05, 0.1) is 34.9 Å². The first kappa shape index (κ1) is 47.1. The van der Waals surface area contributed by atoms with E-state index in [1.807, 2.05) is 25.7 Å². The predicted molar refractivity (Wildman–Crippen MR) is 239 cm³/mol. The van der Waals surface area contributed by atoms with Crippen molar-refractivity contribution in [2.45, 2.75) is 104 Å². The maximum Gasteiger partial charge on any atom is 0.519 e. The van der Waals surface area contributed by atoms with Crippen molar-refractivity contribution in [3.8, 4) is 0 Å². The number of pyridine rings is 2. The van der Waals surface area contributed by atoms with E-state index in [0.29, 0.717) is 55.8 Å². The molecule has 2 N–H and O–H groups in total. The molecule has 0 bridgehead atoms. The summed E-state index contributed by atoms with van der Waals surface area (Å²) in [4.78, 5) is 78.5. The van der Waals surface area contributed by atoms with Crippen LogP contribution in [0.25, 0.3) is 21.8 Å². The number of hydrogen-bond donors (Lipinski definition) is 2. The lowest BCUT2D eigenvalue weighted by Crippen LogP contribution is -2.56. The summed E-state index contributed by atoms with van der Waals surface area (Å²) in [5, 5.41) is 18.2. The van der Waals surface area contributed by atoms with Crippen LogP contribution in [0.15, 0.2) is 61.4 Å². The van der Waals surface area contributed by atoms with Gasteiger partial charge in [0.1, 0.15) is 45.7 Å². The molecule has 0 amide bonds. The van der Waals surface area contributed by atoms with Crippen molar-refractivity contribution in [3.63, 3.8) is 0 Å². The highest BCUT2D eigenvalue weighted by molar-refractivity contribution is 5.95. The van der Waals surface area contributed by atoms with Crippen molar-refractivity contribution in [2.75, 3.05) is 42.5 Å². The molecule has 366 valence electrons. The third kappa shape index (κ3) is 8.75. The maximum absolute atomic E-state index is 16.0. The van der Waals surface area contributed by atoms with Crippen molar-refractivity contribution in [1.82, 2.24) is 18.9 Å². The molecule has 2 saturated heterocycles. The molecule has 6 heterocycles. The third-order valence-corrected chi connectivity index (χ3v) is 13.6. The Hall–Kier alpha value is -6.94. The van der Waals surface area contributed by atoms with Gasteiger partial charge in [-0.15, -0.1) is 0 Å². The first-order chi connectivity index (χ1) is 32.7. The zero-order chi connectivity index (χ0) is 49.5. The highest BCUT2D eigenvalue weighted by Crippen LogP contribution is 2.42. The van der Waals surface area contributed by atoms with Crippen LogP contribution in [0.2, 0.25) is 0 Å². The average Bonchev–Trinajstić information content (AvgIpc) is 4.22. The van der Waals surface area contributed by atoms with Gasteiger partial charge in [-0.1, -0.05) is 0 Å². The van der Waals surface area contributed by atoms with Crippen molar-refractivity contribution >= 4 is 45.1 Å². The molecule has 18 nitrogen and oxygen atoms in total. The van der Waals surface area contributed by atoms with Crippen LogP contribution < -0.4 is 32.3 Å². The molecule has 6 aromatic rings. The third-order valence-electron chi connectivity index (χ3n) is 13.6. The van der Waals surface area contributed by atoms with Gasteiger partial charge < -0.3 is 46.8 Å². The molecule has 2 aliphatic carbocycles. The predicted octanol–water partition coefficient (Wildman–Crippen LogP) is 6.14. The van der Waals surface area contributed by atoms with Gasteiger partial charge in [-0.05, 0) is 72.4 Å². The van der Waals surface area contributed by atoms with Crippen molar-refractivity contribution in [3.05, 3.63) is 124 Å². The standard InChI is InChI=1S/C24H25F2N3O6.C23H23F2N3O6/c1-11-7-27(8-12(2)28(11)10-18-13(3)34-24(33)35-18)21-17(25)6-15-20(19(21)26)29(14-4-5-14)9-16(22(15)30)23(31)32;1-11-8-27(6-5-26(11)10-17-12(2)33-23(32)34-17)20-16(24)7-14-19(18(20)25)28(13-3-4-13)9-15(21(14)29)22(30)31/h6,9,11-12,14H,4-5,7-8,10H2,1-3H3,(H,31,32);7,9,11,13H,3-6,8,10H2,1-2H3,(H,30,31). The monoisotopic (exact) mass is 964 g/mol. The molecule has 10 rings (SSSR count). The second-order valence-corrected chi connectivity index (χ2v) is 18.4. The Morgan fingerprint density at radius 2 is 1.03 bits per heavy atom. The van der Waals surface area contributed by atoms with Gasteiger partial charge in [-0.25, -0.2) is 36.7 Å². The minimum absolute atomic E-state index is 0.0696. The topological polar surface area (TPSA) is 218 Å². The van der Waals surface area contributed by atoms with Crippen molar-refractivity contribution in [1.29, 1.82) is 0 Å². The number of carboxylic acid groups (broad SMARTS) is 2. The summed E-state index contributed by atoms with van der Waals surface area (Å²) in [7, 11) is 0. The largest absolute Gasteiger partial charge is 0.519 e. The Labute approximate surface area is 388 Å². The molecule has 4 aliphatic rings. The number of nitrogens with zero attached hydrogens (tertiary/aromatic N) is 6. The zero-order valence-electron chi connectivity index (χ0n) is 38.1. The van der Waals surface area contributed by atoms with E-state index < -0.39 is 68.8 Å². The summed E-state index contributed by atoms with van der Waals surface area (Å²) in [6.07, 6.45) is 5.22. The lowest BCUT2D eigenvalue weighted by Gasteiger charge is -2.45. The quantitative estimate of drug-likeness (QED) is 0.147. The smallest absolute Gasteiger partial charge is 0.477 e. The van der Waals surface area contributed by atoms with Gasteiger partial charge in [0.2, 0.25) is 10.9 Å². The van der Waals surface area contributed by atoms with Crippen LogP contribution in [0.1, 0.15) is 102 Å². The normalized spacial score (nSPS) is 20.2. The Morgan fingerprint density at radius 1 is 0.609 bits per heavy atom. The highest BCUT2D eigenvalue weighted by Gasteiger charge is 2.37. The molecule has 69 heavy (non-hydrogen) atoms. The molecule has 4 fully saturated rings. The summed E-state index contributed by atoms with van der Waals surface area (Å²) < 4.78 is 85.3. The molecule has 3 atom stereocenters. The van der Waals surface area contributed by atoms with E-state index in [2.05, 4.69) is 4.90 Å². The van der Waals surface area contributed by atoms with Gasteiger partial charge >= 0.3 is 23.6 Å². The zero-order valence-corrected chi connectivity index (χ0v) is 38.1. The average molecular weight is 965 g/mol. The summed E-state index contributed by atoms with van der Waals surface area (Å²) in [5.74, 6) is -6.37. The fraction of sp³-hybridized carbons (Fsp3) is 0.447. The minimum Gasteiger partial charge on any atom is -0.477 e. The lowest BCUT2D eigenvalue weighted by molar-refractivity contribution is 0.0684. The number of carboxylic acids is 2. The van der Waals surface area contributed by atoms with Gasteiger partial charge in [-0.3, -0.25) is 19.4 Å². The first-order valence-electron chi connectivity index (χ1n) is 22.5. The van der Waals surface area contributed by atoms with Gasteiger partial charge in [-0.2, -0.15) is 0 Å². The fourth-order valence-electron chi connectivity index (χ4n) is 9.70. The Morgan fingerprint density at radius 3 is 1.42 bits per heavy atom. The molecular weight excluding hydrogens is 917 g/mol. The fourth-order valence-corrected chi connectivity index (χ4v) is 9.70. The van der Waals surface area contributed by atoms with E-state index in [1.165, 1.54) is 15.3 Å². The summed E-state index contributed by atoms with van der Waals surface area (Å²) in [6, 6.07) is 1.18. The Bertz CT molecular complexity index is 3300. The van der Waals surface area contributed by atoms with E-state index >= 15 is 17.6 Å². The summed E-state index contributed by atoms with van der Waals surface area (Å²) in [6.45, 7) is 11.2. The number of fused-ring (bicyclic) bond motifs is 2. The van der Waals surface area contributed by atoms with Gasteiger partial charge in [0.15, 0.2) is 23.2 Å². The molecule has 3 unspecified atom stereocenters. The van der Waals surface area contributed by atoms with E-state index in [0.717, 1.165) is 44.0 Å². The minimum atomic E-state index is -1.43. The number of piperazine rings is 2. The van der Waals surface area contributed by atoms with Crippen LogP contribution in [0.3, 0.4) is 0 Å². The number of aromatic nitrogens is 2. The van der Waals surface area contributed by atoms with E-state index in [4.69, 9.17) is 17.7 Å². The highest BCUT2D eigenvalue weighted by atomic mass is 19.1. The Kier molecular flexibility index (Phi) is 12.2. The molecule has 2 saturated carbocycles. The molecular formula is C47H48F4N6O12. The molecule has 4 aromatic heterocycles. The number of benzene rings is 2. The van der Waals surface area contributed by atoms with Crippen LogP contribution in [0.5, 0.6) is 0 Å². The molecule has 2 aliphatic heterocycles.